The monoisotopic (exact) mass is 244 g/mol. The van der Waals surface area contributed by atoms with Crippen LogP contribution in [0.15, 0.2) is 9.95 Å². The van der Waals surface area contributed by atoms with E-state index in [9.17, 15) is 4.79 Å². The lowest BCUT2D eigenvalue weighted by atomic mass is 10.0. The van der Waals surface area contributed by atoms with Gasteiger partial charge in [0.25, 0.3) is 0 Å². The van der Waals surface area contributed by atoms with Gasteiger partial charge in [0.05, 0.1) is 6.61 Å². The Hall–Kier alpha value is -0.790. The van der Waals surface area contributed by atoms with Crippen molar-refractivity contribution in [2.24, 2.45) is 18.7 Å². The zero-order valence-corrected chi connectivity index (χ0v) is 10.00. The van der Waals surface area contributed by atoms with Gasteiger partial charge in [0.15, 0.2) is 5.16 Å². The van der Waals surface area contributed by atoms with Gasteiger partial charge in [0.1, 0.15) is 0 Å². The molecular weight excluding hydrogens is 228 g/mol. The third kappa shape index (κ3) is 2.47. The summed E-state index contributed by atoms with van der Waals surface area (Å²) in [7, 11) is 1.69. The van der Waals surface area contributed by atoms with Gasteiger partial charge < -0.3 is 10.5 Å². The molecule has 2 unspecified atom stereocenters. The van der Waals surface area contributed by atoms with E-state index < -0.39 is 0 Å². The molecule has 0 aliphatic carbocycles. The van der Waals surface area contributed by atoms with Crippen LogP contribution in [-0.2, 0) is 11.8 Å². The van der Waals surface area contributed by atoms with Crippen LogP contribution in [-0.4, -0.2) is 39.8 Å². The quantitative estimate of drug-likeness (QED) is 0.702. The van der Waals surface area contributed by atoms with Crippen LogP contribution in [0.3, 0.4) is 0 Å². The number of ether oxygens (including phenoxy) is 1. The SMILES string of the molecule is Cn1c(SCC(N)C2CCOC2)n[nH]c1=O. The molecule has 16 heavy (non-hydrogen) atoms. The summed E-state index contributed by atoms with van der Waals surface area (Å²) in [6.45, 7) is 1.56. The molecule has 90 valence electrons. The van der Waals surface area contributed by atoms with E-state index in [1.807, 2.05) is 0 Å². The van der Waals surface area contributed by atoms with Crippen LogP contribution < -0.4 is 11.4 Å². The van der Waals surface area contributed by atoms with E-state index in [0.717, 1.165) is 25.4 Å². The van der Waals surface area contributed by atoms with Gasteiger partial charge in [-0.2, -0.15) is 0 Å². The summed E-state index contributed by atoms with van der Waals surface area (Å²) in [5.41, 5.74) is 5.86. The van der Waals surface area contributed by atoms with E-state index in [0.29, 0.717) is 11.1 Å². The lowest BCUT2D eigenvalue weighted by Gasteiger charge is -2.16. The first-order valence-corrected chi connectivity index (χ1v) is 6.24. The molecule has 2 heterocycles. The number of nitrogens with one attached hydrogen (secondary N) is 1. The number of nitrogens with zero attached hydrogens (tertiary/aromatic N) is 2. The zero-order valence-electron chi connectivity index (χ0n) is 9.18. The second-order valence-corrected chi connectivity index (χ2v) is 4.96. The number of aromatic amines is 1. The summed E-state index contributed by atoms with van der Waals surface area (Å²) in [4.78, 5) is 11.1. The first-order chi connectivity index (χ1) is 7.68. The third-order valence-corrected chi connectivity index (χ3v) is 3.99. The number of H-pyrrole nitrogens is 1. The van der Waals surface area contributed by atoms with Gasteiger partial charge in [-0.1, -0.05) is 11.8 Å². The Bertz CT molecular complexity index is 396. The van der Waals surface area contributed by atoms with Gasteiger partial charge in [-0.05, 0) is 6.42 Å². The van der Waals surface area contributed by atoms with Crippen molar-refractivity contribution in [1.29, 1.82) is 0 Å². The second kappa shape index (κ2) is 5.03. The fourth-order valence-corrected chi connectivity index (χ4v) is 2.66. The molecule has 0 bridgehead atoms. The predicted octanol–water partition coefficient (Wildman–Crippen LogP) is -0.436. The molecule has 0 aromatic carbocycles. The molecule has 1 aliphatic rings. The molecular formula is C9H16N4O2S. The minimum Gasteiger partial charge on any atom is -0.381 e. The molecule has 0 amide bonds. The average molecular weight is 244 g/mol. The predicted molar refractivity (Wildman–Crippen MR) is 61.5 cm³/mol. The standard InChI is InChI=1S/C9H16N4O2S/c1-13-8(14)11-12-9(13)16-5-7(10)6-2-3-15-4-6/h6-7H,2-5,10H2,1H3,(H,11,14). The van der Waals surface area contributed by atoms with Crippen LogP contribution in [0.4, 0.5) is 0 Å². The second-order valence-electron chi connectivity index (χ2n) is 3.97. The topological polar surface area (TPSA) is 85.9 Å². The number of aromatic nitrogens is 3. The Morgan fingerprint density at radius 3 is 3.19 bits per heavy atom. The molecule has 0 saturated carbocycles. The van der Waals surface area contributed by atoms with Crippen molar-refractivity contribution in [2.75, 3.05) is 19.0 Å². The average Bonchev–Trinajstić information content (AvgIpc) is 2.89. The molecule has 1 aromatic rings. The normalized spacial score (nSPS) is 22.5. The van der Waals surface area contributed by atoms with Crippen LogP contribution in [0, 0.1) is 5.92 Å². The van der Waals surface area contributed by atoms with Gasteiger partial charge >= 0.3 is 5.69 Å². The molecule has 2 rings (SSSR count). The fourth-order valence-electron chi connectivity index (χ4n) is 1.66. The number of rotatable bonds is 4. The molecule has 1 aliphatic heterocycles. The summed E-state index contributed by atoms with van der Waals surface area (Å²) in [6.07, 6.45) is 1.03. The van der Waals surface area contributed by atoms with Gasteiger partial charge in [-0.15, -0.1) is 5.10 Å². The maximum absolute atomic E-state index is 11.1. The van der Waals surface area contributed by atoms with Crippen LogP contribution in [0.5, 0.6) is 0 Å². The first kappa shape index (κ1) is 11.7. The highest BCUT2D eigenvalue weighted by atomic mass is 32.2. The zero-order chi connectivity index (χ0) is 11.5. The number of thioether (sulfide) groups is 1. The smallest absolute Gasteiger partial charge is 0.343 e. The molecule has 1 saturated heterocycles. The van der Waals surface area contributed by atoms with Crippen LogP contribution in [0.25, 0.3) is 0 Å². The van der Waals surface area contributed by atoms with E-state index in [1.165, 1.54) is 16.3 Å². The lowest BCUT2D eigenvalue weighted by Crippen LogP contribution is -2.32. The molecule has 1 fully saturated rings. The van der Waals surface area contributed by atoms with Crippen molar-refractivity contribution < 1.29 is 4.74 Å². The number of hydrogen-bond acceptors (Lipinski definition) is 5. The molecule has 2 atom stereocenters. The van der Waals surface area contributed by atoms with Crippen molar-refractivity contribution in [1.82, 2.24) is 14.8 Å². The fraction of sp³-hybridized carbons (Fsp3) is 0.778. The highest BCUT2D eigenvalue weighted by Crippen LogP contribution is 2.21. The maximum atomic E-state index is 11.1. The molecule has 0 spiro atoms. The van der Waals surface area contributed by atoms with E-state index in [2.05, 4.69) is 10.2 Å². The highest BCUT2D eigenvalue weighted by molar-refractivity contribution is 7.99. The molecule has 7 heteroatoms. The summed E-state index contributed by atoms with van der Waals surface area (Å²) in [5, 5.41) is 7.00. The lowest BCUT2D eigenvalue weighted by molar-refractivity contribution is 0.182. The Balaban J connectivity index is 1.87. The first-order valence-electron chi connectivity index (χ1n) is 5.26. The summed E-state index contributed by atoms with van der Waals surface area (Å²) in [5.74, 6) is 1.19. The Morgan fingerprint density at radius 2 is 2.62 bits per heavy atom. The highest BCUT2D eigenvalue weighted by Gasteiger charge is 2.23. The van der Waals surface area contributed by atoms with Gasteiger partial charge in [0.2, 0.25) is 0 Å². The molecule has 6 nitrogen and oxygen atoms in total. The number of hydrogen-bond donors (Lipinski definition) is 2. The van der Waals surface area contributed by atoms with Crippen LogP contribution in [0.2, 0.25) is 0 Å². The molecule has 0 radical (unpaired) electrons. The van der Waals surface area contributed by atoms with Crippen molar-refractivity contribution >= 4 is 11.8 Å². The Kier molecular flexibility index (Phi) is 3.67. The number of nitrogens with two attached hydrogens (primary N) is 1. The van der Waals surface area contributed by atoms with Gasteiger partial charge in [-0.25, -0.2) is 9.89 Å². The molecule has 3 N–H and O–H groups in total. The third-order valence-electron chi connectivity index (χ3n) is 2.81. The Labute approximate surface area is 97.5 Å². The van der Waals surface area contributed by atoms with Crippen LogP contribution in [0.1, 0.15) is 6.42 Å². The van der Waals surface area contributed by atoms with Crippen molar-refractivity contribution in [3.05, 3.63) is 10.5 Å². The van der Waals surface area contributed by atoms with Crippen molar-refractivity contribution in [3.8, 4) is 0 Å². The van der Waals surface area contributed by atoms with Crippen molar-refractivity contribution in [2.45, 2.75) is 17.6 Å². The molecule has 1 aromatic heterocycles. The van der Waals surface area contributed by atoms with Gasteiger partial charge in [0, 0.05) is 31.4 Å². The minimum absolute atomic E-state index is 0.0966. The van der Waals surface area contributed by atoms with E-state index in [-0.39, 0.29) is 11.7 Å². The largest absolute Gasteiger partial charge is 0.381 e. The van der Waals surface area contributed by atoms with E-state index >= 15 is 0 Å². The van der Waals surface area contributed by atoms with Crippen LogP contribution >= 0.6 is 11.8 Å². The Morgan fingerprint density at radius 1 is 1.81 bits per heavy atom. The summed E-state index contributed by atoms with van der Waals surface area (Å²) >= 11 is 1.50. The van der Waals surface area contributed by atoms with E-state index in [4.69, 9.17) is 10.5 Å². The van der Waals surface area contributed by atoms with E-state index in [1.54, 1.807) is 7.05 Å². The minimum atomic E-state index is -0.194. The van der Waals surface area contributed by atoms with Crippen molar-refractivity contribution in [3.63, 3.8) is 0 Å². The summed E-state index contributed by atoms with van der Waals surface area (Å²) in [6, 6.07) is 0.0966. The summed E-state index contributed by atoms with van der Waals surface area (Å²) < 4.78 is 6.78. The maximum Gasteiger partial charge on any atom is 0.343 e. The van der Waals surface area contributed by atoms with Gasteiger partial charge in [-0.3, -0.25) is 4.57 Å².